The number of esters is 1. The van der Waals surface area contributed by atoms with E-state index >= 15 is 0 Å². The van der Waals surface area contributed by atoms with Gasteiger partial charge in [-0.25, -0.2) is 4.79 Å². The molecule has 0 fully saturated rings. The first-order valence-electron chi connectivity index (χ1n) is 7.64. The van der Waals surface area contributed by atoms with E-state index in [0.29, 0.717) is 22.6 Å². The predicted molar refractivity (Wildman–Crippen MR) is 86.4 cm³/mol. The van der Waals surface area contributed by atoms with Crippen LogP contribution in [-0.4, -0.2) is 11.1 Å². The van der Waals surface area contributed by atoms with Crippen molar-refractivity contribution in [1.29, 1.82) is 0 Å². The molecule has 0 amide bonds. The molecule has 0 bridgehead atoms. The summed E-state index contributed by atoms with van der Waals surface area (Å²) in [5.74, 6) is 0.834. The molecule has 3 aromatic carbocycles. The summed E-state index contributed by atoms with van der Waals surface area (Å²) in [4.78, 5) is 12.5. The van der Waals surface area contributed by atoms with Gasteiger partial charge in [0.1, 0.15) is 17.2 Å². The number of phenols is 1. The van der Waals surface area contributed by atoms with Crippen molar-refractivity contribution in [3.8, 4) is 17.2 Å². The number of carbonyl (C=O) groups excluding carboxylic acids is 1. The Balaban J connectivity index is 1.92. The van der Waals surface area contributed by atoms with Crippen LogP contribution >= 0.6 is 0 Å². The average Bonchev–Trinajstić information content (AvgIpc) is 2.89. The Morgan fingerprint density at radius 1 is 0.792 bits per heavy atom. The summed E-state index contributed by atoms with van der Waals surface area (Å²) in [7, 11) is 0. The molecule has 1 unspecified atom stereocenters. The molecule has 1 atom stereocenters. The van der Waals surface area contributed by atoms with Crippen molar-refractivity contribution in [3.63, 3.8) is 0 Å². The fraction of sp³-hybridized carbons (Fsp3) is 0.0500. The number of hydrogen-bond donors (Lipinski definition) is 1. The molecule has 0 aromatic heterocycles. The van der Waals surface area contributed by atoms with Gasteiger partial charge in [-0.1, -0.05) is 36.4 Å². The summed E-state index contributed by atoms with van der Waals surface area (Å²) >= 11 is 0. The smallest absolute Gasteiger partial charge is 0.340 e. The zero-order valence-corrected chi connectivity index (χ0v) is 12.5. The molecule has 1 N–H and O–H groups in total. The van der Waals surface area contributed by atoms with Crippen LogP contribution in [0.4, 0.5) is 0 Å². The van der Waals surface area contributed by atoms with Crippen LogP contribution in [0.3, 0.4) is 0 Å². The van der Waals surface area contributed by atoms with Gasteiger partial charge in [0.25, 0.3) is 0 Å². The summed E-state index contributed by atoms with van der Waals surface area (Å²) in [6.45, 7) is 0. The molecule has 2 heterocycles. The zero-order valence-electron chi connectivity index (χ0n) is 12.5. The Hall–Kier alpha value is -3.27. The van der Waals surface area contributed by atoms with Gasteiger partial charge >= 0.3 is 5.97 Å². The first kappa shape index (κ1) is 13.2. The Morgan fingerprint density at radius 2 is 1.50 bits per heavy atom. The number of ether oxygens (including phenoxy) is 2. The number of rotatable bonds is 0. The highest BCUT2D eigenvalue weighted by atomic mass is 16.6. The van der Waals surface area contributed by atoms with E-state index in [2.05, 4.69) is 0 Å². The Bertz CT molecular complexity index is 1010. The molecule has 1 spiro atoms. The van der Waals surface area contributed by atoms with E-state index in [0.717, 1.165) is 11.1 Å². The second-order valence-electron chi connectivity index (χ2n) is 5.89. The lowest BCUT2D eigenvalue weighted by molar-refractivity contribution is 0.0224. The van der Waals surface area contributed by atoms with Crippen molar-refractivity contribution in [3.05, 3.63) is 89.0 Å². The Labute approximate surface area is 137 Å². The highest BCUT2D eigenvalue weighted by Crippen LogP contribution is 2.56. The van der Waals surface area contributed by atoms with Crippen LogP contribution in [-0.2, 0) is 10.3 Å². The average molecular weight is 316 g/mol. The van der Waals surface area contributed by atoms with Crippen molar-refractivity contribution in [1.82, 2.24) is 0 Å². The van der Waals surface area contributed by atoms with Crippen LogP contribution in [0.1, 0.15) is 27.0 Å². The molecule has 0 saturated carbocycles. The van der Waals surface area contributed by atoms with Gasteiger partial charge < -0.3 is 14.6 Å². The molecule has 0 saturated heterocycles. The minimum absolute atomic E-state index is 0.0980. The minimum Gasteiger partial charge on any atom is -0.508 e. The van der Waals surface area contributed by atoms with Gasteiger partial charge in [0, 0.05) is 22.8 Å². The van der Waals surface area contributed by atoms with E-state index in [9.17, 15) is 9.90 Å². The minimum atomic E-state index is -1.05. The van der Waals surface area contributed by atoms with Crippen molar-refractivity contribution in [2.45, 2.75) is 5.60 Å². The van der Waals surface area contributed by atoms with Gasteiger partial charge in [0.2, 0.25) is 0 Å². The molecule has 4 nitrogen and oxygen atoms in total. The largest absolute Gasteiger partial charge is 0.508 e. The SMILES string of the molecule is O=C1OC2(c3ccccc3Oc3cc(O)ccc32)c2ccccc21. The first-order chi connectivity index (χ1) is 11.7. The summed E-state index contributed by atoms with van der Waals surface area (Å²) in [6.07, 6.45) is 0. The number of hydrogen-bond acceptors (Lipinski definition) is 4. The summed E-state index contributed by atoms with van der Waals surface area (Å²) in [5.41, 5.74) is 1.77. The highest BCUT2D eigenvalue weighted by molar-refractivity contribution is 5.97. The normalized spacial score (nSPS) is 19.9. The summed E-state index contributed by atoms with van der Waals surface area (Å²) in [6, 6.07) is 19.7. The summed E-state index contributed by atoms with van der Waals surface area (Å²) in [5, 5.41) is 9.83. The zero-order chi connectivity index (χ0) is 16.3. The molecule has 0 radical (unpaired) electrons. The lowest BCUT2D eigenvalue weighted by Crippen LogP contribution is -2.32. The maximum Gasteiger partial charge on any atom is 0.340 e. The maximum absolute atomic E-state index is 12.5. The van der Waals surface area contributed by atoms with Gasteiger partial charge in [-0.3, -0.25) is 0 Å². The monoisotopic (exact) mass is 316 g/mol. The number of benzene rings is 3. The van der Waals surface area contributed by atoms with E-state index in [1.54, 1.807) is 24.3 Å². The van der Waals surface area contributed by atoms with E-state index in [1.807, 2.05) is 42.5 Å². The molecular weight excluding hydrogens is 304 g/mol. The van der Waals surface area contributed by atoms with E-state index in [-0.39, 0.29) is 11.7 Å². The topological polar surface area (TPSA) is 55.8 Å². The third kappa shape index (κ3) is 1.50. The predicted octanol–water partition coefficient (Wildman–Crippen LogP) is 3.96. The Kier molecular flexibility index (Phi) is 2.41. The molecular formula is C20H12O4. The molecule has 0 aliphatic carbocycles. The highest BCUT2D eigenvalue weighted by Gasteiger charge is 2.53. The van der Waals surface area contributed by atoms with E-state index < -0.39 is 5.60 Å². The van der Waals surface area contributed by atoms with Crippen molar-refractivity contribution >= 4 is 5.97 Å². The fourth-order valence-corrected chi connectivity index (χ4v) is 3.61. The molecule has 4 heteroatoms. The summed E-state index contributed by atoms with van der Waals surface area (Å²) < 4.78 is 11.9. The molecule has 2 aliphatic rings. The fourth-order valence-electron chi connectivity index (χ4n) is 3.61. The van der Waals surface area contributed by atoms with Crippen LogP contribution in [0, 0.1) is 0 Å². The van der Waals surface area contributed by atoms with Crippen molar-refractivity contribution in [2.24, 2.45) is 0 Å². The van der Waals surface area contributed by atoms with Gasteiger partial charge in [-0.05, 0) is 24.3 Å². The second kappa shape index (κ2) is 4.38. The second-order valence-corrected chi connectivity index (χ2v) is 5.89. The first-order valence-corrected chi connectivity index (χ1v) is 7.64. The number of phenolic OH excluding ortho intramolecular Hbond substituents is 1. The van der Waals surface area contributed by atoms with Crippen LogP contribution in [0.15, 0.2) is 66.7 Å². The molecule has 3 aromatic rings. The number of fused-ring (bicyclic) bond motifs is 6. The van der Waals surface area contributed by atoms with Crippen LogP contribution in [0.5, 0.6) is 17.2 Å². The molecule has 2 aliphatic heterocycles. The van der Waals surface area contributed by atoms with Crippen LogP contribution in [0.25, 0.3) is 0 Å². The quantitative estimate of drug-likeness (QED) is 0.638. The number of aromatic hydroxyl groups is 1. The number of carbonyl (C=O) groups is 1. The molecule has 24 heavy (non-hydrogen) atoms. The van der Waals surface area contributed by atoms with Gasteiger partial charge in [0.15, 0.2) is 5.60 Å². The standard InChI is InChI=1S/C20H12O4/c21-12-9-10-16-18(11-12)23-17-8-4-3-7-15(17)20(16)14-6-2-1-5-13(14)19(22)24-20/h1-11,21H. The Morgan fingerprint density at radius 3 is 2.38 bits per heavy atom. The maximum atomic E-state index is 12.5. The number of para-hydroxylation sites is 1. The molecule has 5 rings (SSSR count). The van der Waals surface area contributed by atoms with Gasteiger partial charge in [-0.2, -0.15) is 0 Å². The third-order valence-electron chi connectivity index (χ3n) is 4.60. The van der Waals surface area contributed by atoms with E-state index in [1.165, 1.54) is 0 Å². The van der Waals surface area contributed by atoms with Gasteiger partial charge in [-0.15, -0.1) is 0 Å². The van der Waals surface area contributed by atoms with Crippen LogP contribution in [0.2, 0.25) is 0 Å². The third-order valence-corrected chi connectivity index (χ3v) is 4.60. The van der Waals surface area contributed by atoms with Crippen molar-refractivity contribution < 1.29 is 19.4 Å². The lowest BCUT2D eigenvalue weighted by Gasteiger charge is -2.36. The van der Waals surface area contributed by atoms with Crippen LogP contribution < -0.4 is 4.74 Å². The van der Waals surface area contributed by atoms with E-state index in [4.69, 9.17) is 9.47 Å². The molecule has 116 valence electrons. The lowest BCUT2D eigenvalue weighted by atomic mass is 9.78. The van der Waals surface area contributed by atoms with Gasteiger partial charge in [0.05, 0.1) is 5.56 Å². The van der Waals surface area contributed by atoms with Crippen molar-refractivity contribution in [2.75, 3.05) is 0 Å².